The first kappa shape index (κ1) is 13.8. The van der Waals surface area contributed by atoms with Crippen LogP contribution in [0.4, 0.5) is 0 Å². The summed E-state index contributed by atoms with van der Waals surface area (Å²) < 4.78 is 11.5. The van der Waals surface area contributed by atoms with Crippen LogP contribution in [-0.2, 0) is 9.47 Å². The van der Waals surface area contributed by atoms with E-state index in [1.807, 2.05) is 0 Å². The van der Waals surface area contributed by atoms with Crippen molar-refractivity contribution in [2.45, 2.75) is 38.9 Å². The van der Waals surface area contributed by atoms with Gasteiger partial charge in [-0.15, -0.1) is 0 Å². The molecule has 0 amide bonds. The highest BCUT2D eigenvalue weighted by molar-refractivity contribution is 4.86. The third-order valence-electron chi connectivity index (χ3n) is 4.22. The van der Waals surface area contributed by atoms with E-state index in [1.54, 1.807) is 0 Å². The minimum absolute atomic E-state index is 0.279. The van der Waals surface area contributed by atoms with Gasteiger partial charge in [0.2, 0.25) is 0 Å². The van der Waals surface area contributed by atoms with E-state index in [4.69, 9.17) is 14.7 Å². The summed E-state index contributed by atoms with van der Waals surface area (Å²) in [5.74, 6) is 0.771. The van der Waals surface area contributed by atoms with Crippen LogP contribution in [0, 0.1) is 23.2 Å². The van der Waals surface area contributed by atoms with E-state index in [0.717, 1.165) is 45.7 Å². The van der Waals surface area contributed by atoms with E-state index in [2.05, 4.69) is 24.8 Å². The fourth-order valence-electron chi connectivity index (χ4n) is 2.82. The lowest BCUT2D eigenvalue weighted by Gasteiger charge is -2.39. The minimum Gasteiger partial charge on any atom is -0.347 e. The molecule has 1 atom stereocenters. The Bertz CT molecular complexity index is 295. The Hall–Kier alpha value is -0.630. The standard InChI is InChI=1S/C14H24N2O2/c1-12(2)13(3-6-15)11-16-7-4-14(5-8-16)17-9-10-18-14/h12-13H,3-5,7-11H2,1-2H3. The van der Waals surface area contributed by atoms with Gasteiger partial charge in [-0.1, -0.05) is 13.8 Å². The molecule has 0 bridgehead atoms. The Morgan fingerprint density at radius 1 is 1.22 bits per heavy atom. The maximum absolute atomic E-state index is 8.87. The average Bonchev–Trinajstić information content (AvgIpc) is 2.80. The molecule has 102 valence electrons. The molecule has 0 aromatic rings. The fourth-order valence-corrected chi connectivity index (χ4v) is 2.82. The van der Waals surface area contributed by atoms with Crippen LogP contribution in [0.15, 0.2) is 0 Å². The van der Waals surface area contributed by atoms with Gasteiger partial charge in [0.15, 0.2) is 5.79 Å². The van der Waals surface area contributed by atoms with Crippen molar-refractivity contribution in [2.24, 2.45) is 11.8 Å². The van der Waals surface area contributed by atoms with Gasteiger partial charge in [-0.3, -0.25) is 0 Å². The number of likely N-dealkylation sites (tertiary alicyclic amines) is 1. The summed E-state index contributed by atoms with van der Waals surface area (Å²) in [6.07, 6.45) is 2.58. The molecule has 0 aliphatic carbocycles. The lowest BCUT2D eigenvalue weighted by Crippen LogP contribution is -2.46. The van der Waals surface area contributed by atoms with E-state index in [9.17, 15) is 0 Å². The predicted molar refractivity (Wildman–Crippen MR) is 68.9 cm³/mol. The molecule has 2 fully saturated rings. The molecule has 0 aromatic heterocycles. The van der Waals surface area contributed by atoms with Crippen molar-refractivity contribution in [1.29, 1.82) is 5.26 Å². The number of hydrogen-bond donors (Lipinski definition) is 0. The molecule has 0 saturated carbocycles. The van der Waals surface area contributed by atoms with Crippen LogP contribution in [-0.4, -0.2) is 43.5 Å². The van der Waals surface area contributed by atoms with Gasteiger partial charge in [0.1, 0.15) is 0 Å². The smallest absolute Gasteiger partial charge is 0.170 e. The number of nitriles is 1. The Labute approximate surface area is 110 Å². The summed E-state index contributed by atoms with van der Waals surface area (Å²) in [5.41, 5.74) is 0. The molecule has 2 aliphatic heterocycles. The second-order valence-electron chi connectivity index (χ2n) is 5.77. The normalized spacial score (nSPS) is 25.4. The van der Waals surface area contributed by atoms with Gasteiger partial charge >= 0.3 is 0 Å². The maximum Gasteiger partial charge on any atom is 0.170 e. The fraction of sp³-hybridized carbons (Fsp3) is 0.929. The number of ether oxygens (including phenoxy) is 2. The van der Waals surface area contributed by atoms with Gasteiger partial charge in [0.25, 0.3) is 0 Å². The molecule has 0 aromatic carbocycles. The molecule has 2 heterocycles. The van der Waals surface area contributed by atoms with E-state index in [0.29, 0.717) is 18.3 Å². The second-order valence-corrected chi connectivity index (χ2v) is 5.77. The zero-order valence-corrected chi connectivity index (χ0v) is 11.5. The largest absolute Gasteiger partial charge is 0.347 e. The number of rotatable bonds is 4. The topological polar surface area (TPSA) is 45.5 Å². The molecule has 0 radical (unpaired) electrons. The highest BCUT2D eigenvalue weighted by Gasteiger charge is 2.39. The summed E-state index contributed by atoms with van der Waals surface area (Å²) in [4.78, 5) is 2.46. The Balaban J connectivity index is 1.80. The molecule has 1 unspecified atom stereocenters. The van der Waals surface area contributed by atoms with Gasteiger partial charge in [-0.25, -0.2) is 0 Å². The van der Waals surface area contributed by atoms with Gasteiger partial charge in [0.05, 0.1) is 19.3 Å². The molecule has 2 aliphatic rings. The van der Waals surface area contributed by atoms with E-state index >= 15 is 0 Å². The molecule has 18 heavy (non-hydrogen) atoms. The maximum atomic E-state index is 8.87. The van der Waals surface area contributed by atoms with Crippen molar-refractivity contribution in [2.75, 3.05) is 32.8 Å². The minimum atomic E-state index is -0.279. The Kier molecular flexibility index (Phi) is 4.60. The first-order chi connectivity index (χ1) is 8.65. The third-order valence-corrected chi connectivity index (χ3v) is 4.22. The van der Waals surface area contributed by atoms with Crippen LogP contribution in [0.3, 0.4) is 0 Å². The zero-order chi connectivity index (χ0) is 13.0. The zero-order valence-electron chi connectivity index (χ0n) is 11.5. The molecule has 0 N–H and O–H groups in total. The van der Waals surface area contributed by atoms with E-state index in [1.165, 1.54) is 0 Å². The highest BCUT2D eigenvalue weighted by Crippen LogP contribution is 2.32. The Morgan fingerprint density at radius 3 is 2.33 bits per heavy atom. The van der Waals surface area contributed by atoms with Crippen molar-refractivity contribution in [3.05, 3.63) is 0 Å². The van der Waals surface area contributed by atoms with Crippen LogP contribution in [0.2, 0.25) is 0 Å². The lowest BCUT2D eigenvalue weighted by molar-refractivity contribution is -0.186. The molecular formula is C14H24N2O2. The summed E-state index contributed by atoms with van der Waals surface area (Å²) in [6, 6.07) is 2.31. The van der Waals surface area contributed by atoms with Crippen LogP contribution in [0.5, 0.6) is 0 Å². The van der Waals surface area contributed by atoms with Crippen LogP contribution >= 0.6 is 0 Å². The molecule has 2 rings (SSSR count). The van der Waals surface area contributed by atoms with Gasteiger partial charge in [-0.05, 0) is 11.8 Å². The number of nitrogens with zero attached hydrogens (tertiary/aromatic N) is 2. The average molecular weight is 252 g/mol. The van der Waals surface area contributed by atoms with Crippen molar-refractivity contribution in [1.82, 2.24) is 4.90 Å². The first-order valence-electron chi connectivity index (χ1n) is 7.02. The van der Waals surface area contributed by atoms with Crippen LogP contribution in [0.25, 0.3) is 0 Å². The van der Waals surface area contributed by atoms with Crippen molar-refractivity contribution in [3.8, 4) is 6.07 Å². The second kappa shape index (κ2) is 6.01. The first-order valence-corrected chi connectivity index (χ1v) is 7.02. The summed E-state index contributed by atoms with van der Waals surface area (Å²) in [5, 5.41) is 8.87. The molecule has 2 saturated heterocycles. The lowest BCUT2D eigenvalue weighted by atomic mass is 9.91. The molecule has 4 heteroatoms. The summed E-state index contributed by atoms with van der Waals surface area (Å²) >= 11 is 0. The Morgan fingerprint density at radius 2 is 1.83 bits per heavy atom. The van der Waals surface area contributed by atoms with Crippen LogP contribution < -0.4 is 0 Å². The van der Waals surface area contributed by atoms with Crippen molar-refractivity contribution < 1.29 is 9.47 Å². The predicted octanol–water partition coefficient (Wildman–Crippen LogP) is 2.01. The quantitative estimate of drug-likeness (QED) is 0.768. The van der Waals surface area contributed by atoms with Gasteiger partial charge < -0.3 is 14.4 Å². The summed E-state index contributed by atoms with van der Waals surface area (Å²) in [6.45, 7) is 8.96. The van der Waals surface area contributed by atoms with E-state index in [-0.39, 0.29) is 5.79 Å². The third kappa shape index (κ3) is 3.23. The number of piperidine rings is 1. The molecule has 4 nitrogen and oxygen atoms in total. The summed E-state index contributed by atoms with van der Waals surface area (Å²) in [7, 11) is 0. The van der Waals surface area contributed by atoms with E-state index < -0.39 is 0 Å². The highest BCUT2D eigenvalue weighted by atomic mass is 16.7. The monoisotopic (exact) mass is 252 g/mol. The number of hydrogen-bond acceptors (Lipinski definition) is 4. The van der Waals surface area contributed by atoms with Gasteiger partial charge in [0, 0.05) is 38.9 Å². The van der Waals surface area contributed by atoms with Crippen molar-refractivity contribution in [3.63, 3.8) is 0 Å². The molecular weight excluding hydrogens is 228 g/mol. The van der Waals surface area contributed by atoms with Crippen molar-refractivity contribution >= 4 is 0 Å². The SMILES string of the molecule is CC(C)C(CC#N)CN1CCC2(CC1)OCCO2. The molecule has 1 spiro atoms. The van der Waals surface area contributed by atoms with Gasteiger partial charge in [-0.2, -0.15) is 5.26 Å². The van der Waals surface area contributed by atoms with Crippen LogP contribution in [0.1, 0.15) is 33.1 Å².